The minimum absolute atomic E-state index is 0.0183. The van der Waals surface area contributed by atoms with Crippen LogP contribution in [0.2, 0.25) is 0 Å². The summed E-state index contributed by atoms with van der Waals surface area (Å²) in [5.41, 5.74) is 1.11. The molecule has 2 aromatic rings. The molecular formula is C29H39N5O2S. The van der Waals surface area contributed by atoms with Gasteiger partial charge in [-0.2, -0.15) is 0 Å². The second-order valence-electron chi connectivity index (χ2n) is 11.2. The molecule has 8 heteroatoms. The standard InChI is InChI=1S/C29H39N5O2S/c1-32(2)29(23-10-5-4-6-11-23)16-14-28(15-17-29)21-33(27(36)34(28)19-22-8-7-9-22)20-26(35)31-25-13-12-24(37-3)18-30-25/h4-6,10-13,18,22H,7-9,14-17,19-21H2,1-3H3,(H,30,31,35). The molecule has 1 aliphatic heterocycles. The molecule has 3 amide bonds. The summed E-state index contributed by atoms with van der Waals surface area (Å²) in [4.78, 5) is 38.3. The first-order valence-corrected chi connectivity index (χ1v) is 14.7. The van der Waals surface area contributed by atoms with Crippen molar-refractivity contribution in [1.82, 2.24) is 19.7 Å². The molecule has 37 heavy (non-hydrogen) atoms. The van der Waals surface area contributed by atoms with Crippen molar-refractivity contribution in [2.75, 3.05) is 45.3 Å². The molecule has 0 atom stereocenters. The van der Waals surface area contributed by atoms with Crippen LogP contribution in [0.3, 0.4) is 0 Å². The predicted octanol–water partition coefficient (Wildman–Crippen LogP) is 5.05. The number of carbonyl (C=O) groups is 2. The molecule has 1 aromatic carbocycles. The second-order valence-corrected chi connectivity index (χ2v) is 12.1. The molecule has 198 valence electrons. The lowest BCUT2D eigenvalue weighted by molar-refractivity contribution is -0.116. The van der Waals surface area contributed by atoms with Crippen molar-refractivity contribution < 1.29 is 9.59 Å². The summed E-state index contributed by atoms with van der Waals surface area (Å²) < 4.78 is 0. The second kappa shape index (κ2) is 10.7. The Kier molecular flexibility index (Phi) is 7.50. The van der Waals surface area contributed by atoms with Crippen LogP contribution >= 0.6 is 11.8 Å². The first kappa shape index (κ1) is 26.0. The van der Waals surface area contributed by atoms with E-state index in [1.54, 1.807) is 22.9 Å². The Morgan fingerprint density at radius 1 is 1.11 bits per heavy atom. The van der Waals surface area contributed by atoms with E-state index in [0.29, 0.717) is 18.3 Å². The number of nitrogens with zero attached hydrogens (tertiary/aromatic N) is 4. The molecule has 5 rings (SSSR count). The number of carbonyl (C=O) groups excluding carboxylic acids is 2. The lowest BCUT2D eigenvalue weighted by Gasteiger charge is -2.51. The highest BCUT2D eigenvalue weighted by molar-refractivity contribution is 7.98. The number of thioether (sulfide) groups is 1. The van der Waals surface area contributed by atoms with Crippen molar-refractivity contribution in [1.29, 1.82) is 0 Å². The van der Waals surface area contributed by atoms with Gasteiger partial charge in [-0.1, -0.05) is 36.8 Å². The van der Waals surface area contributed by atoms with Crippen molar-refractivity contribution in [2.45, 2.75) is 60.9 Å². The van der Waals surface area contributed by atoms with E-state index in [0.717, 1.165) is 37.1 Å². The van der Waals surface area contributed by atoms with Crippen LogP contribution in [-0.4, -0.2) is 77.1 Å². The van der Waals surface area contributed by atoms with Crippen LogP contribution in [0, 0.1) is 5.92 Å². The molecule has 2 saturated carbocycles. The van der Waals surface area contributed by atoms with Crippen molar-refractivity contribution in [3.63, 3.8) is 0 Å². The van der Waals surface area contributed by atoms with Gasteiger partial charge in [0.25, 0.3) is 0 Å². The molecule has 2 heterocycles. The van der Waals surface area contributed by atoms with Crippen LogP contribution in [0.1, 0.15) is 50.5 Å². The van der Waals surface area contributed by atoms with Gasteiger partial charge in [-0.05, 0) is 82.5 Å². The number of aromatic nitrogens is 1. The lowest BCUT2D eigenvalue weighted by atomic mass is 9.68. The zero-order valence-electron chi connectivity index (χ0n) is 22.3. The minimum Gasteiger partial charge on any atom is -0.317 e. The number of benzene rings is 1. The fourth-order valence-corrected chi connectivity index (χ4v) is 6.80. The van der Waals surface area contributed by atoms with Crippen molar-refractivity contribution in [2.24, 2.45) is 5.92 Å². The van der Waals surface area contributed by atoms with Crippen molar-refractivity contribution in [3.05, 3.63) is 54.2 Å². The summed E-state index contributed by atoms with van der Waals surface area (Å²) in [5.74, 6) is 0.913. The number of anilines is 1. The number of amides is 3. The maximum atomic E-state index is 13.7. The number of hydrogen-bond acceptors (Lipinski definition) is 5. The molecule has 2 aliphatic carbocycles. The van der Waals surface area contributed by atoms with Gasteiger partial charge in [0.1, 0.15) is 12.4 Å². The van der Waals surface area contributed by atoms with Crippen molar-refractivity contribution in [3.8, 4) is 0 Å². The zero-order chi connectivity index (χ0) is 26.0. The van der Waals surface area contributed by atoms with E-state index in [1.807, 2.05) is 18.4 Å². The van der Waals surface area contributed by atoms with Gasteiger partial charge in [0.15, 0.2) is 0 Å². The molecule has 1 saturated heterocycles. The highest BCUT2D eigenvalue weighted by Crippen LogP contribution is 2.49. The summed E-state index contributed by atoms with van der Waals surface area (Å²) in [7, 11) is 4.35. The Morgan fingerprint density at radius 3 is 2.41 bits per heavy atom. The Bertz CT molecular complexity index is 1100. The number of urea groups is 1. The smallest absolute Gasteiger partial charge is 0.317 e. The Labute approximate surface area is 225 Å². The summed E-state index contributed by atoms with van der Waals surface area (Å²) >= 11 is 1.61. The molecule has 3 aliphatic rings. The molecule has 1 N–H and O–H groups in total. The number of nitrogens with one attached hydrogen (secondary N) is 1. The van der Waals surface area contributed by atoms with Crippen LogP contribution in [0.5, 0.6) is 0 Å². The van der Waals surface area contributed by atoms with Gasteiger partial charge in [0, 0.05) is 29.7 Å². The molecule has 0 unspecified atom stereocenters. The maximum Gasteiger partial charge on any atom is 0.321 e. The predicted molar refractivity (Wildman–Crippen MR) is 149 cm³/mol. The molecule has 0 radical (unpaired) electrons. The van der Waals surface area contributed by atoms with Crippen molar-refractivity contribution >= 4 is 29.5 Å². The van der Waals surface area contributed by atoms with Gasteiger partial charge in [0.2, 0.25) is 5.91 Å². The van der Waals surface area contributed by atoms with Gasteiger partial charge >= 0.3 is 6.03 Å². The van der Waals surface area contributed by atoms with Crippen LogP contribution < -0.4 is 5.32 Å². The highest BCUT2D eigenvalue weighted by atomic mass is 32.2. The van der Waals surface area contributed by atoms with Crippen LogP contribution in [0.15, 0.2) is 53.6 Å². The first-order valence-electron chi connectivity index (χ1n) is 13.4. The first-order chi connectivity index (χ1) is 17.8. The van der Waals surface area contributed by atoms with E-state index in [2.05, 4.69) is 64.5 Å². The monoisotopic (exact) mass is 521 g/mol. The molecular weight excluding hydrogens is 482 g/mol. The average molecular weight is 522 g/mol. The van der Waals surface area contributed by atoms with Gasteiger partial charge in [-0.25, -0.2) is 9.78 Å². The highest BCUT2D eigenvalue weighted by Gasteiger charge is 2.55. The molecule has 0 bridgehead atoms. The topological polar surface area (TPSA) is 68.8 Å². The fourth-order valence-electron chi connectivity index (χ4n) is 6.44. The van der Waals surface area contributed by atoms with E-state index in [9.17, 15) is 9.59 Å². The quantitative estimate of drug-likeness (QED) is 0.493. The summed E-state index contributed by atoms with van der Waals surface area (Å²) in [6.07, 6.45) is 11.3. The third kappa shape index (κ3) is 5.10. The minimum atomic E-state index is -0.209. The summed E-state index contributed by atoms with van der Waals surface area (Å²) in [5, 5.41) is 2.88. The van der Waals surface area contributed by atoms with Gasteiger partial charge < -0.3 is 15.1 Å². The normalized spacial score (nSPS) is 26.1. The van der Waals surface area contributed by atoms with Crippen LogP contribution in [0.4, 0.5) is 10.6 Å². The fraction of sp³-hybridized carbons (Fsp3) is 0.552. The number of hydrogen-bond donors (Lipinski definition) is 1. The van der Waals surface area contributed by atoms with Gasteiger partial charge in [-0.15, -0.1) is 11.8 Å². The molecule has 3 fully saturated rings. The molecule has 1 aromatic heterocycles. The Hall–Kier alpha value is -2.58. The average Bonchev–Trinajstić information content (AvgIpc) is 3.12. The number of pyridine rings is 1. The molecule has 7 nitrogen and oxygen atoms in total. The van der Waals surface area contributed by atoms with E-state index >= 15 is 0 Å². The van der Waals surface area contributed by atoms with Gasteiger partial charge in [-0.3, -0.25) is 9.69 Å². The van der Waals surface area contributed by atoms with E-state index in [1.165, 1.54) is 24.8 Å². The lowest BCUT2D eigenvalue weighted by Crippen LogP contribution is -2.56. The van der Waals surface area contributed by atoms with E-state index < -0.39 is 0 Å². The third-order valence-corrected chi connectivity index (χ3v) is 9.69. The Balaban J connectivity index is 1.32. The molecule has 1 spiro atoms. The third-order valence-electron chi connectivity index (χ3n) is 8.97. The Morgan fingerprint density at radius 2 is 1.84 bits per heavy atom. The largest absolute Gasteiger partial charge is 0.321 e. The maximum absolute atomic E-state index is 13.7. The van der Waals surface area contributed by atoms with Crippen LogP contribution in [-0.2, 0) is 10.3 Å². The SMILES string of the molecule is CSc1ccc(NC(=O)CN2CC3(CCC(c4ccccc4)(N(C)C)CC3)N(CC3CCC3)C2=O)nc1. The van der Waals surface area contributed by atoms with Crippen LogP contribution in [0.25, 0.3) is 0 Å². The number of rotatable bonds is 8. The van der Waals surface area contributed by atoms with E-state index in [-0.39, 0.29) is 29.6 Å². The van der Waals surface area contributed by atoms with E-state index in [4.69, 9.17) is 0 Å². The summed E-state index contributed by atoms with van der Waals surface area (Å²) in [6, 6.07) is 14.6. The zero-order valence-corrected chi connectivity index (χ0v) is 23.1. The summed E-state index contributed by atoms with van der Waals surface area (Å²) in [6.45, 7) is 1.49. The van der Waals surface area contributed by atoms with Gasteiger partial charge in [0.05, 0.1) is 5.54 Å².